The van der Waals surface area contributed by atoms with Gasteiger partial charge in [0.05, 0.1) is 20.6 Å². The molecule has 1 rings (SSSR count). The second-order valence-corrected chi connectivity index (χ2v) is 7.08. The Morgan fingerprint density at radius 2 is 1.04 bits per heavy atom. The topological polar surface area (TPSA) is 146 Å². The van der Waals surface area contributed by atoms with Crippen LogP contribution in [-0.4, -0.2) is 37.0 Å². The quantitative estimate of drug-likeness (QED) is 0.300. The maximum Gasteiger partial charge on any atom is 1.00 e. The van der Waals surface area contributed by atoms with Crippen LogP contribution >= 0.6 is 34.8 Å². The van der Waals surface area contributed by atoms with E-state index < -0.39 is 56.6 Å². The van der Waals surface area contributed by atoms with Gasteiger partial charge in [-0.3, -0.25) is 9.11 Å². The van der Waals surface area contributed by atoms with E-state index in [-0.39, 0.29) is 93.0 Å². The monoisotopic (exact) mass is 456 g/mol. The number of aromatic carboxylic acids is 1. The summed E-state index contributed by atoms with van der Waals surface area (Å²) in [6.07, 6.45) is 0. The van der Waals surface area contributed by atoms with Crippen LogP contribution in [0.3, 0.4) is 0 Å². The summed E-state index contributed by atoms with van der Waals surface area (Å²) in [5.41, 5.74) is -1.15. The van der Waals surface area contributed by atoms with Crippen LogP contribution in [0, 0.1) is 0 Å². The summed E-state index contributed by atoms with van der Waals surface area (Å²) in [4.78, 5) is 8.16. The molecule has 0 aliphatic rings. The number of halogens is 3. The zero-order valence-electron chi connectivity index (χ0n) is 14.8. The van der Waals surface area contributed by atoms with Gasteiger partial charge in [-0.15, -0.1) is 0 Å². The van der Waals surface area contributed by atoms with Gasteiger partial charge in [0, 0.05) is 0 Å². The van der Waals surface area contributed by atoms with Gasteiger partial charge in [0.25, 0.3) is 20.2 Å². The maximum absolute atomic E-state index is 11.1. The summed E-state index contributed by atoms with van der Waals surface area (Å²) in [5.74, 6) is -1.90. The minimum Gasteiger partial charge on any atom is -1.00 e. The summed E-state index contributed by atoms with van der Waals surface area (Å²) in [5, 5.41) is 5.44. The molecule has 3 N–H and O–H groups in total. The van der Waals surface area contributed by atoms with E-state index in [4.69, 9.17) is 49.0 Å². The molecule has 0 aliphatic heterocycles. The van der Waals surface area contributed by atoms with Crippen LogP contribution in [0.15, 0.2) is 9.79 Å². The average molecular weight is 458 g/mol. The molecule has 0 radical (unpaired) electrons. The van der Waals surface area contributed by atoms with Gasteiger partial charge < -0.3 is 9.39 Å². The Morgan fingerprint density at radius 1 is 0.783 bits per heavy atom. The van der Waals surface area contributed by atoms with Gasteiger partial charge in [-0.2, -0.15) is 16.8 Å². The molecule has 0 amide bonds. The summed E-state index contributed by atoms with van der Waals surface area (Å²) in [7, 11) is -10.4. The Morgan fingerprint density at radius 3 is 1.22 bits per heavy atom. The molecule has 118 valence electrons. The number of hydrogen-bond acceptors (Lipinski definition) is 5. The van der Waals surface area contributed by atoms with Crippen molar-refractivity contribution in [3.05, 3.63) is 20.6 Å². The molecule has 0 fully saturated rings. The molecule has 8 nitrogen and oxygen atoms in total. The molecular formula is C7H6Cl3Na3O8S2. The second-order valence-electron chi connectivity index (χ2n) is 3.23. The van der Waals surface area contributed by atoms with Crippen molar-refractivity contribution in [2.45, 2.75) is 9.79 Å². The third-order valence-electron chi connectivity index (χ3n) is 1.97. The molecule has 23 heavy (non-hydrogen) atoms. The SMILES string of the molecule is O=C(O)c1c(Cl)c(S(=O)(=O)O)c(Cl)c(S(=O)(=O)O)c1Cl.[H-].[H-].[H-].[Na+].[Na+].[Na+]. The van der Waals surface area contributed by atoms with Gasteiger partial charge in [0.2, 0.25) is 0 Å². The molecule has 1 aromatic carbocycles. The fourth-order valence-electron chi connectivity index (χ4n) is 1.26. The fourth-order valence-corrected chi connectivity index (χ4v) is 4.68. The van der Waals surface area contributed by atoms with Gasteiger partial charge in [0.15, 0.2) is 0 Å². The van der Waals surface area contributed by atoms with Crippen molar-refractivity contribution in [3.8, 4) is 0 Å². The predicted octanol–water partition coefficient (Wildman–Crippen LogP) is -6.81. The third kappa shape index (κ3) is 6.80. The van der Waals surface area contributed by atoms with E-state index in [1.807, 2.05) is 0 Å². The fraction of sp³-hybridized carbons (Fsp3) is 0. The smallest absolute Gasteiger partial charge is 1.00 e. The third-order valence-corrected chi connectivity index (χ3v) is 5.40. The van der Waals surface area contributed by atoms with E-state index >= 15 is 0 Å². The zero-order chi connectivity index (χ0) is 16.0. The Kier molecular flexibility index (Phi) is 13.9. The van der Waals surface area contributed by atoms with Crippen molar-refractivity contribution < 1.29 is 129 Å². The predicted molar refractivity (Wildman–Crippen MR) is 71.4 cm³/mol. The van der Waals surface area contributed by atoms with Crippen LogP contribution in [-0.2, 0) is 20.2 Å². The largest absolute Gasteiger partial charge is 1.00 e. The van der Waals surface area contributed by atoms with E-state index in [1.165, 1.54) is 0 Å². The molecule has 1 aromatic rings. The Labute approximate surface area is 217 Å². The van der Waals surface area contributed by atoms with Crippen molar-refractivity contribution in [3.63, 3.8) is 0 Å². The number of carbonyl (C=O) groups is 1. The van der Waals surface area contributed by atoms with Gasteiger partial charge in [-0.25, -0.2) is 4.79 Å². The van der Waals surface area contributed by atoms with Gasteiger partial charge in [-0.05, 0) is 0 Å². The van der Waals surface area contributed by atoms with Crippen molar-refractivity contribution in [1.82, 2.24) is 0 Å². The van der Waals surface area contributed by atoms with E-state index in [2.05, 4.69) is 0 Å². The standard InChI is InChI=1S/C7H3Cl3O8S2.3Na.3H/c8-2-1(7(11)12)3(9)6(20(16,17)18)4(10)5(2)19(13,14)15;;;;;;/h(H,11,12)(H,13,14,15)(H,16,17,18);;;;;;/q;3*+1;3*-1. The van der Waals surface area contributed by atoms with Crippen molar-refractivity contribution in [2.24, 2.45) is 0 Å². The molecular weight excluding hydrogens is 452 g/mol. The van der Waals surface area contributed by atoms with Gasteiger partial charge >= 0.3 is 94.6 Å². The van der Waals surface area contributed by atoms with Crippen LogP contribution in [0.5, 0.6) is 0 Å². The molecule has 0 aromatic heterocycles. The van der Waals surface area contributed by atoms with Crippen LogP contribution in [0.2, 0.25) is 15.1 Å². The van der Waals surface area contributed by atoms with E-state index in [0.29, 0.717) is 0 Å². The van der Waals surface area contributed by atoms with Crippen LogP contribution in [0.4, 0.5) is 0 Å². The average Bonchev–Trinajstić information content (AvgIpc) is 2.09. The van der Waals surface area contributed by atoms with Gasteiger partial charge in [-0.1, -0.05) is 34.8 Å². The molecule has 0 aliphatic carbocycles. The van der Waals surface area contributed by atoms with Crippen molar-refractivity contribution >= 4 is 61.0 Å². The molecule has 16 heteroatoms. The van der Waals surface area contributed by atoms with E-state index in [1.54, 1.807) is 0 Å². The summed E-state index contributed by atoms with van der Waals surface area (Å²) in [6, 6.07) is 0. The number of carboxylic acid groups (broad SMARTS) is 1. The van der Waals surface area contributed by atoms with E-state index in [0.717, 1.165) is 0 Å². The first-order valence-corrected chi connectivity index (χ1v) is 8.20. The molecule has 0 heterocycles. The summed E-state index contributed by atoms with van der Waals surface area (Å²) < 4.78 is 62.3. The van der Waals surface area contributed by atoms with Crippen LogP contribution < -0.4 is 88.7 Å². The molecule has 0 atom stereocenters. The maximum atomic E-state index is 11.1. The molecule has 0 spiro atoms. The number of rotatable bonds is 3. The molecule has 0 saturated heterocycles. The minimum atomic E-state index is -5.18. The first-order valence-electron chi connectivity index (χ1n) is 4.18. The molecule has 0 unspecified atom stereocenters. The summed E-state index contributed by atoms with van der Waals surface area (Å²) >= 11 is 16.3. The Bertz CT molecular complexity index is 778. The Hall–Kier alpha value is 2.38. The van der Waals surface area contributed by atoms with E-state index in [9.17, 15) is 21.6 Å². The number of hydrogen-bond donors (Lipinski definition) is 3. The van der Waals surface area contributed by atoms with Crippen molar-refractivity contribution in [2.75, 3.05) is 0 Å². The Balaban J connectivity index is -0.000000167. The molecule has 0 saturated carbocycles. The normalized spacial score (nSPS) is 10.8. The first kappa shape index (κ1) is 30.1. The first-order chi connectivity index (χ1) is 8.80. The van der Waals surface area contributed by atoms with Crippen LogP contribution in [0.25, 0.3) is 0 Å². The number of carboxylic acids is 1. The summed E-state index contributed by atoms with van der Waals surface area (Å²) in [6.45, 7) is 0. The second kappa shape index (κ2) is 10.6. The minimum absolute atomic E-state index is 0. The number of benzene rings is 1. The van der Waals surface area contributed by atoms with Gasteiger partial charge in [0.1, 0.15) is 9.79 Å². The van der Waals surface area contributed by atoms with Crippen LogP contribution in [0.1, 0.15) is 14.6 Å². The zero-order valence-corrected chi connectivity index (χ0v) is 21.7. The van der Waals surface area contributed by atoms with Crippen molar-refractivity contribution in [1.29, 1.82) is 0 Å². The molecule has 0 bridgehead atoms.